The zero-order valence-electron chi connectivity index (χ0n) is 14.3. The summed E-state index contributed by atoms with van der Waals surface area (Å²) in [5, 5.41) is 9.27. The van der Waals surface area contributed by atoms with Gasteiger partial charge in [-0.3, -0.25) is 0 Å². The largest absolute Gasteiger partial charge is 0.350 e. The van der Waals surface area contributed by atoms with Crippen LogP contribution in [0.3, 0.4) is 0 Å². The van der Waals surface area contributed by atoms with Crippen molar-refractivity contribution in [1.82, 2.24) is 24.9 Å². The van der Waals surface area contributed by atoms with Gasteiger partial charge in [-0.05, 0) is 13.2 Å². The van der Waals surface area contributed by atoms with Crippen LogP contribution in [0.5, 0.6) is 0 Å². The summed E-state index contributed by atoms with van der Waals surface area (Å²) in [7, 11) is 0. The molecule has 1 saturated heterocycles. The summed E-state index contributed by atoms with van der Waals surface area (Å²) in [6.07, 6.45) is 6.77. The van der Waals surface area contributed by atoms with Crippen LogP contribution < -0.4 is 9.80 Å². The summed E-state index contributed by atoms with van der Waals surface area (Å²) in [4.78, 5) is 26.2. The first-order valence-corrected chi connectivity index (χ1v) is 10.1. The number of aromatic nitrogens is 5. The maximum absolute atomic E-state index is 9.27. The number of anilines is 2. The van der Waals surface area contributed by atoms with Gasteiger partial charge in [0.25, 0.3) is 0 Å². The van der Waals surface area contributed by atoms with E-state index in [4.69, 9.17) is 0 Å². The Morgan fingerprint density at radius 2 is 2.04 bits per heavy atom. The monoisotopic (exact) mass is 384 g/mol. The Morgan fingerprint density at radius 3 is 2.81 bits per heavy atom. The minimum absolute atomic E-state index is 0.204. The lowest BCUT2D eigenvalue weighted by atomic mass is 10.2. The third-order valence-electron chi connectivity index (χ3n) is 4.31. The van der Waals surface area contributed by atoms with Crippen molar-refractivity contribution in [1.29, 1.82) is 5.26 Å². The highest BCUT2D eigenvalue weighted by Gasteiger charge is 2.29. The van der Waals surface area contributed by atoms with Crippen molar-refractivity contribution in [2.45, 2.75) is 17.3 Å². The van der Waals surface area contributed by atoms with Gasteiger partial charge in [0.1, 0.15) is 17.1 Å². The first-order valence-electron chi connectivity index (χ1n) is 8.09. The summed E-state index contributed by atoms with van der Waals surface area (Å²) in [5.74, 6) is 1.58. The quantitative estimate of drug-likeness (QED) is 0.630. The van der Waals surface area contributed by atoms with Gasteiger partial charge < -0.3 is 9.80 Å². The van der Waals surface area contributed by atoms with Crippen LogP contribution in [0.15, 0.2) is 23.1 Å². The first kappa shape index (κ1) is 16.9. The number of rotatable bonds is 3. The van der Waals surface area contributed by atoms with E-state index in [1.54, 1.807) is 41.8 Å². The van der Waals surface area contributed by atoms with Crippen LogP contribution in [-0.2, 0) is 0 Å². The molecule has 0 aromatic carbocycles. The van der Waals surface area contributed by atoms with Crippen LogP contribution in [-0.4, -0.2) is 56.9 Å². The fourth-order valence-corrected chi connectivity index (χ4v) is 4.64. The van der Waals surface area contributed by atoms with Crippen LogP contribution in [0, 0.1) is 11.3 Å². The van der Waals surface area contributed by atoms with E-state index in [1.807, 2.05) is 6.26 Å². The maximum Gasteiger partial charge on any atom is 0.183 e. The van der Waals surface area contributed by atoms with Crippen LogP contribution in [0.4, 0.5) is 11.6 Å². The number of nitriles is 1. The zero-order valence-corrected chi connectivity index (χ0v) is 16.0. The number of nitrogens with zero attached hydrogens (tertiary/aromatic N) is 8. The van der Waals surface area contributed by atoms with E-state index in [-0.39, 0.29) is 6.04 Å². The lowest BCUT2D eigenvalue weighted by molar-refractivity contribution is 0.543. The van der Waals surface area contributed by atoms with Crippen molar-refractivity contribution in [3.63, 3.8) is 0 Å². The number of hydrogen-bond acceptors (Lipinski definition) is 10. The number of hydrogen-bond donors (Lipinski definition) is 0. The minimum Gasteiger partial charge on any atom is -0.350 e. The molecule has 0 spiro atoms. The van der Waals surface area contributed by atoms with Crippen molar-refractivity contribution in [2.24, 2.45) is 0 Å². The molecule has 1 aliphatic rings. The lowest BCUT2D eigenvalue weighted by Crippen LogP contribution is -2.53. The zero-order chi connectivity index (χ0) is 18.1. The minimum atomic E-state index is 0.204. The van der Waals surface area contributed by atoms with E-state index in [0.717, 1.165) is 40.1 Å². The molecule has 8 nitrogen and oxygen atoms in total. The highest BCUT2D eigenvalue weighted by molar-refractivity contribution is 8.00. The molecule has 4 heterocycles. The predicted octanol–water partition coefficient (Wildman–Crippen LogP) is 2.18. The second-order valence-corrected chi connectivity index (χ2v) is 7.92. The Balaban J connectivity index is 1.62. The van der Waals surface area contributed by atoms with E-state index in [1.165, 1.54) is 0 Å². The molecule has 0 amide bonds. The molecule has 0 saturated carbocycles. The predicted molar refractivity (Wildman–Crippen MR) is 103 cm³/mol. The Kier molecular flexibility index (Phi) is 4.57. The van der Waals surface area contributed by atoms with Gasteiger partial charge in [-0.1, -0.05) is 11.8 Å². The van der Waals surface area contributed by atoms with Crippen molar-refractivity contribution in [2.75, 3.05) is 35.7 Å². The van der Waals surface area contributed by atoms with Crippen LogP contribution in [0.1, 0.15) is 12.6 Å². The Morgan fingerprint density at radius 1 is 1.19 bits per heavy atom. The fourth-order valence-electron chi connectivity index (χ4n) is 3.12. The van der Waals surface area contributed by atoms with Gasteiger partial charge in [-0.15, -0.1) is 11.3 Å². The fraction of sp³-hybridized carbons (Fsp3) is 0.375. The molecule has 4 rings (SSSR count). The van der Waals surface area contributed by atoms with Crippen molar-refractivity contribution in [3.8, 4) is 6.07 Å². The molecule has 1 fully saturated rings. The average Bonchev–Trinajstić information content (AvgIpc) is 3.11. The molecule has 26 heavy (non-hydrogen) atoms. The van der Waals surface area contributed by atoms with Crippen molar-refractivity contribution < 1.29 is 0 Å². The Bertz CT molecular complexity index is 982. The molecule has 0 aliphatic carbocycles. The third kappa shape index (κ3) is 2.93. The van der Waals surface area contributed by atoms with Gasteiger partial charge in [0.05, 0.1) is 0 Å². The summed E-state index contributed by atoms with van der Waals surface area (Å²) in [6, 6.07) is 2.33. The van der Waals surface area contributed by atoms with E-state index < -0.39 is 0 Å². The Hall–Kier alpha value is -2.51. The highest BCUT2D eigenvalue weighted by atomic mass is 32.2. The molecule has 1 aliphatic heterocycles. The number of piperazine rings is 1. The molecule has 10 heteroatoms. The second-order valence-electron chi connectivity index (χ2n) is 5.86. The van der Waals surface area contributed by atoms with E-state index in [2.05, 4.69) is 47.7 Å². The average molecular weight is 384 g/mol. The highest BCUT2D eigenvalue weighted by Crippen LogP contribution is 2.34. The van der Waals surface area contributed by atoms with E-state index >= 15 is 0 Å². The standard InChI is InChI=1S/C16H16N8S2/c1-10-8-23(14-11(7-17)18-3-4-19-14)5-6-24(10)15-12-13(20-9-21-15)22-16(25-2)26-12/h3-4,9-10H,5-6,8H2,1-2H3. The molecule has 1 atom stereocenters. The van der Waals surface area contributed by atoms with Gasteiger partial charge in [-0.25, -0.2) is 24.9 Å². The van der Waals surface area contributed by atoms with E-state index in [9.17, 15) is 5.26 Å². The summed E-state index contributed by atoms with van der Waals surface area (Å²) < 4.78 is 2.01. The van der Waals surface area contributed by atoms with Gasteiger partial charge in [-0.2, -0.15) is 5.26 Å². The second kappa shape index (κ2) is 7.01. The molecule has 1 unspecified atom stereocenters. The smallest absolute Gasteiger partial charge is 0.183 e. The molecule has 0 N–H and O–H groups in total. The van der Waals surface area contributed by atoms with Crippen LogP contribution >= 0.6 is 23.1 Å². The molecule has 132 valence electrons. The van der Waals surface area contributed by atoms with Crippen molar-refractivity contribution in [3.05, 3.63) is 24.4 Å². The number of fused-ring (bicyclic) bond motifs is 1. The van der Waals surface area contributed by atoms with Crippen LogP contribution in [0.25, 0.3) is 10.3 Å². The molecular formula is C16H16N8S2. The van der Waals surface area contributed by atoms with E-state index in [0.29, 0.717) is 11.5 Å². The Labute approximate surface area is 158 Å². The third-order valence-corrected chi connectivity index (χ3v) is 6.34. The molecule has 0 radical (unpaired) electrons. The molecule has 3 aromatic rings. The number of thioether (sulfide) groups is 1. The summed E-state index contributed by atoms with van der Waals surface area (Å²) in [5.41, 5.74) is 1.12. The van der Waals surface area contributed by atoms with Gasteiger partial charge in [0, 0.05) is 38.1 Å². The van der Waals surface area contributed by atoms with Gasteiger partial charge >= 0.3 is 0 Å². The molecule has 3 aromatic heterocycles. The van der Waals surface area contributed by atoms with Crippen LogP contribution in [0.2, 0.25) is 0 Å². The number of thiazole rings is 1. The molecular weight excluding hydrogens is 368 g/mol. The molecule has 0 bridgehead atoms. The van der Waals surface area contributed by atoms with Crippen molar-refractivity contribution >= 4 is 45.1 Å². The topological polar surface area (TPSA) is 94.7 Å². The normalized spacial score (nSPS) is 17.5. The summed E-state index contributed by atoms with van der Waals surface area (Å²) in [6.45, 7) is 4.42. The lowest BCUT2D eigenvalue weighted by Gasteiger charge is -2.41. The van der Waals surface area contributed by atoms with Gasteiger partial charge in [0.2, 0.25) is 0 Å². The first-order chi connectivity index (χ1) is 12.7. The summed E-state index contributed by atoms with van der Waals surface area (Å²) >= 11 is 3.25. The maximum atomic E-state index is 9.27. The van der Waals surface area contributed by atoms with Gasteiger partial charge in [0.15, 0.2) is 27.3 Å². The SMILES string of the molecule is CSc1nc2ncnc(N3CCN(c4nccnc4C#N)CC3C)c2s1.